The molecule has 0 aliphatic carbocycles. The van der Waals surface area contributed by atoms with Gasteiger partial charge in [-0.3, -0.25) is 0 Å². The molecule has 4 nitrogen and oxygen atoms in total. The van der Waals surface area contributed by atoms with E-state index in [1.54, 1.807) is 0 Å². The molecule has 0 spiro atoms. The zero-order valence-corrected chi connectivity index (χ0v) is 10.1. The van der Waals surface area contributed by atoms with Gasteiger partial charge in [-0.1, -0.05) is 6.92 Å². The average Bonchev–Trinajstić information content (AvgIpc) is 2.05. The van der Waals surface area contributed by atoms with Gasteiger partial charge in [0.1, 0.15) is 5.60 Å². The molecule has 1 aliphatic rings. The minimum atomic E-state index is -0.416. The number of ether oxygens (including phenoxy) is 1. The Morgan fingerprint density at radius 1 is 1.47 bits per heavy atom. The molecular weight excluding hydrogens is 192 g/mol. The molecule has 0 aromatic rings. The van der Waals surface area contributed by atoms with Gasteiger partial charge in [-0.25, -0.2) is 4.79 Å². The van der Waals surface area contributed by atoms with Crippen LogP contribution in [0.25, 0.3) is 0 Å². The van der Waals surface area contributed by atoms with Gasteiger partial charge in [0.2, 0.25) is 0 Å². The Labute approximate surface area is 91.8 Å². The lowest BCUT2D eigenvalue weighted by Gasteiger charge is -2.31. The third kappa shape index (κ3) is 4.51. The first-order valence-electron chi connectivity index (χ1n) is 5.59. The lowest BCUT2D eigenvalue weighted by molar-refractivity contribution is 0.0477. The van der Waals surface area contributed by atoms with E-state index in [0.717, 1.165) is 19.5 Å². The second kappa shape index (κ2) is 4.84. The zero-order chi connectivity index (χ0) is 11.5. The summed E-state index contributed by atoms with van der Waals surface area (Å²) in [6, 6.07) is 0.237. The second-order valence-corrected chi connectivity index (χ2v) is 5.22. The summed E-state index contributed by atoms with van der Waals surface area (Å²) in [5.41, 5.74) is -0.416. The van der Waals surface area contributed by atoms with Gasteiger partial charge in [0.15, 0.2) is 0 Å². The Kier molecular flexibility index (Phi) is 3.97. The quantitative estimate of drug-likeness (QED) is 0.695. The molecule has 2 atom stereocenters. The van der Waals surface area contributed by atoms with Crippen LogP contribution in [-0.4, -0.2) is 30.8 Å². The normalized spacial score (nSPS) is 27.2. The van der Waals surface area contributed by atoms with Crippen molar-refractivity contribution in [1.82, 2.24) is 10.6 Å². The molecule has 1 fully saturated rings. The lowest BCUT2D eigenvalue weighted by atomic mass is 9.96. The average molecular weight is 214 g/mol. The highest BCUT2D eigenvalue weighted by atomic mass is 16.6. The van der Waals surface area contributed by atoms with Crippen LogP contribution in [0.15, 0.2) is 0 Å². The molecule has 0 aromatic heterocycles. The van der Waals surface area contributed by atoms with E-state index >= 15 is 0 Å². The predicted molar refractivity (Wildman–Crippen MR) is 59.8 cm³/mol. The fraction of sp³-hybridized carbons (Fsp3) is 0.909. The molecule has 1 rings (SSSR count). The van der Waals surface area contributed by atoms with Crippen molar-refractivity contribution in [2.24, 2.45) is 5.92 Å². The summed E-state index contributed by atoms with van der Waals surface area (Å²) in [4.78, 5) is 11.5. The first kappa shape index (κ1) is 12.3. The summed E-state index contributed by atoms with van der Waals surface area (Å²) in [7, 11) is 0. The minimum absolute atomic E-state index is 0.237. The van der Waals surface area contributed by atoms with Crippen LogP contribution in [0, 0.1) is 5.92 Å². The van der Waals surface area contributed by atoms with E-state index in [-0.39, 0.29) is 12.1 Å². The maximum atomic E-state index is 11.5. The third-order valence-electron chi connectivity index (χ3n) is 2.49. The van der Waals surface area contributed by atoms with Gasteiger partial charge in [0.05, 0.1) is 0 Å². The number of amides is 1. The molecule has 0 saturated carbocycles. The van der Waals surface area contributed by atoms with Crippen molar-refractivity contribution in [3.05, 3.63) is 0 Å². The van der Waals surface area contributed by atoms with Crippen LogP contribution in [0.3, 0.4) is 0 Å². The Bertz CT molecular complexity index is 223. The van der Waals surface area contributed by atoms with Crippen LogP contribution in [0.5, 0.6) is 0 Å². The molecular formula is C11H22N2O2. The van der Waals surface area contributed by atoms with E-state index in [0.29, 0.717) is 5.92 Å². The van der Waals surface area contributed by atoms with E-state index in [9.17, 15) is 4.79 Å². The molecule has 1 heterocycles. The number of rotatable bonds is 1. The van der Waals surface area contributed by atoms with E-state index in [2.05, 4.69) is 17.6 Å². The fourth-order valence-corrected chi connectivity index (χ4v) is 1.69. The number of nitrogens with one attached hydrogen (secondary N) is 2. The Hall–Kier alpha value is -0.770. The molecule has 1 aliphatic heterocycles. The van der Waals surface area contributed by atoms with Crippen molar-refractivity contribution >= 4 is 6.09 Å². The predicted octanol–water partition coefficient (Wildman–Crippen LogP) is 1.51. The van der Waals surface area contributed by atoms with Crippen molar-refractivity contribution in [3.8, 4) is 0 Å². The number of alkyl carbamates (subject to hydrolysis) is 1. The Balaban J connectivity index is 2.36. The molecule has 15 heavy (non-hydrogen) atoms. The zero-order valence-electron chi connectivity index (χ0n) is 10.1. The van der Waals surface area contributed by atoms with Gasteiger partial charge in [-0.2, -0.15) is 0 Å². The first-order chi connectivity index (χ1) is 6.88. The van der Waals surface area contributed by atoms with E-state index in [1.807, 2.05) is 20.8 Å². The van der Waals surface area contributed by atoms with Crippen molar-refractivity contribution < 1.29 is 9.53 Å². The first-order valence-corrected chi connectivity index (χ1v) is 5.59. The summed E-state index contributed by atoms with van der Waals surface area (Å²) < 4.78 is 5.22. The van der Waals surface area contributed by atoms with Gasteiger partial charge < -0.3 is 15.4 Å². The highest BCUT2D eigenvalue weighted by molar-refractivity contribution is 5.68. The number of hydrogen-bond acceptors (Lipinski definition) is 3. The van der Waals surface area contributed by atoms with Crippen LogP contribution in [-0.2, 0) is 4.74 Å². The summed E-state index contributed by atoms with van der Waals surface area (Å²) in [6.45, 7) is 9.68. The van der Waals surface area contributed by atoms with E-state index in [1.165, 1.54) is 0 Å². The number of carbonyl (C=O) groups is 1. The van der Waals surface area contributed by atoms with Crippen LogP contribution < -0.4 is 10.6 Å². The largest absolute Gasteiger partial charge is 0.444 e. The van der Waals surface area contributed by atoms with Gasteiger partial charge in [-0.05, 0) is 46.2 Å². The maximum Gasteiger partial charge on any atom is 0.407 e. The van der Waals surface area contributed by atoms with Crippen LogP contribution in [0.2, 0.25) is 0 Å². The van der Waals surface area contributed by atoms with Gasteiger partial charge >= 0.3 is 6.09 Å². The van der Waals surface area contributed by atoms with E-state index in [4.69, 9.17) is 4.74 Å². The smallest absolute Gasteiger partial charge is 0.407 e. The van der Waals surface area contributed by atoms with Crippen molar-refractivity contribution in [3.63, 3.8) is 0 Å². The molecule has 88 valence electrons. The molecule has 0 unspecified atom stereocenters. The molecule has 0 aromatic carbocycles. The van der Waals surface area contributed by atoms with Crippen molar-refractivity contribution in [1.29, 1.82) is 0 Å². The molecule has 0 radical (unpaired) electrons. The molecule has 1 amide bonds. The highest BCUT2D eigenvalue weighted by Crippen LogP contribution is 2.12. The van der Waals surface area contributed by atoms with Crippen LogP contribution >= 0.6 is 0 Å². The number of carbonyl (C=O) groups excluding carboxylic acids is 1. The number of piperidine rings is 1. The fourth-order valence-electron chi connectivity index (χ4n) is 1.69. The molecule has 4 heteroatoms. The molecule has 0 bridgehead atoms. The second-order valence-electron chi connectivity index (χ2n) is 5.22. The van der Waals surface area contributed by atoms with Gasteiger partial charge in [-0.15, -0.1) is 0 Å². The third-order valence-corrected chi connectivity index (χ3v) is 2.49. The highest BCUT2D eigenvalue weighted by Gasteiger charge is 2.25. The van der Waals surface area contributed by atoms with Gasteiger partial charge in [0.25, 0.3) is 0 Å². The Morgan fingerprint density at radius 2 is 2.13 bits per heavy atom. The van der Waals surface area contributed by atoms with Crippen molar-refractivity contribution in [2.45, 2.75) is 45.8 Å². The maximum absolute atomic E-state index is 11.5. The summed E-state index contributed by atoms with van der Waals surface area (Å²) in [5.74, 6) is 0.464. The minimum Gasteiger partial charge on any atom is -0.444 e. The summed E-state index contributed by atoms with van der Waals surface area (Å²) in [5, 5.41) is 6.22. The number of hydrogen-bond donors (Lipinski definition) is 2. The van der Waals surface area contributed by atoms with E-state index < -0.39 is 5.60 Å². The molecule has 2 N–H and O–H groups in total. The van der Waals surface area contributed by atoms with Gasteiger partial charge in [0, 0.05) is 6.04 Å². The van der Waals surface area contributed by atoms with Crippen LogP contribution in [0.4, 0.5) is 4.79 Å². The standard InChI is InChI=1S/C11H22N2O2/c1-8-7-12-6-5-9(8)13-10(14)15-11(2,3)4/h8-9,12H,5-7H2,1-4H3,(H,13,14)/t8-,9-/m0/s1. The summed E-state index contributed by atoms with van der Waals surface area (Å²) >= 11 is 0. The monoisotopic (exact) mass is 214 g/mol. The summed E-state index contributed by atoms with van der Waals surface area (Å²) in [6.07, 6.45) is 0.668. The Morgan fingerprint density at radius 3 is 2.67 bits per heavy atom. The topological polar surface area (TPSA) is 50.4 Å². The molecule has 1 saturated heterocycles. The van der Waals surface area contributed by atoms with Crippen LogP contribution in [0.1, 0.15) is 34.1 Å². The van der Waals surface area contributed by atoms with Crippen molar-refractivity contribution in [2.75, 3.05) is 13.1 Å². The SMILES string of the molecule is C[C@H]1CNCC[C@@H]1NC(=O)OC(C)(C)C. The lowest BCUT2D eigenvalue weighted by Crippen LogP contribution is -2.49.